The highest BCUT2D eigenvalue weighted by atomic mass is 16.5. The maximum Gasteiger partial charge on any atom is 0.311 e. The largest absolute Gasteiger partial charge is 0.465 e. The average Bonchev–Trinajstić information content (AvgIpc) is 2.71. The molecule has 2 atom stereocenters. The van der Waals surface area contributed by atoms with Gasteiger partial charge < -0.3 is 14.2 Å². The van der Waals surface area contributed by atoms with E-state index in [2.05, 4.69) is 0 Å². The normalized spacial score (nSPS) is 31.1. The molecule has 2 aliphatic heterocycles. The molecule has 0 saturated carbocycles. The number of carbonyl (C=O) groups is 1. The Morgan fingerprint density at radius 2 is 2.06 bits per heavy atom. The van der Waals surface area contributed by atoms with Crippen molar-refractivity contribution in [1.29, 1.82) is 0 Å². The van der Waals surface area contributed by atoms with E-state index in [1.165, 1.54) is 0 Å². The van der Waals surface area contributed by atoms with Crippen molar-refractivity contribution in [2.24, 2.45) is 5.92 Å². The molecule has 0 radical (unpaired) electrons. The summed E-state index contributed by atoms with van der Waals surface area (Å²) in [5.74, 6) is -0.159. The van der Waals surface area contributed by atoms with Crippen molar-refractivity contribution >= 4 is 5.97 Å². The summed E-state index contributed by atoms with van der Waals surface area (Å²) in [5.41, 5.74) is 0. The molecule has 0 aromatic heterocycles. The van der Waals surface area contributed by atoms with E-state index < -0.39 is 0 Å². The molecule has 2 heterocycles. The summed E-state index contributed by atoms with van der Waals surface area (Å²) < 4.78 is 16.1. The van der Waals surface area contributed by atoms with E-state index in [0.717, 1.165) is 38.7 Å². The summed E-state index contributed by atoms with van der Waals surface area (Å²) in [4.78, 5) is 11.5. The SMILES string of the molecule is O=C1OCCCCC1COCC1CCCO1. The number of cyclic esters (lactones) is 1. The maximum atomic E-state index is 11.5. The molecular weight excluding hydrogens is 208 g/mol. The molecule has 0 bridgehead atoms. The maximum absolute atomic E-state index is 11.5. The van der Waals surface area contributed by atoms with Crippen LogP contribution in [0.5, 0.6) is 0 Å². The van der Waals surface area contributed by atoms with E-state index in [-0.39, 0.29) is 18.0 Å². The molecular formula is C12H20O4. The highest BCUT2D eigenvalue weighted by Crippen LogP contribution is 2.17. The average molecular weight is 228 g/mol. The highest BCUT2D eigenvalue weighted by molar-refractivity contribution is 5.72. The number of rotatable bonds is 4. The van der Waals surface area contributed by atoms with Crippen LogP contribution in [0.25, 0.3) is 0 Å². The fourth-order valence-corrected chi connectivity index (χ4v) is 2.17. The predicted molar refractivity (Wildman–Crippen MR) is 58.1 cm³/mol. The topological polar surface area (TPSA) is 44.8 Å². The molecule has 2 saturated heterocycles. The lowest BCUT2D eigenvalue weighted by Crippen LogP contribution is -2.24. The number of carbonyl (C=O) groups excluding carboxylic acids is 1. The van der Waals surface area contributed by atoms with E-state index in [1.807, 2.05) is 0 Å². The number of hydrogen-bond acceptors (Lipinski definition) is 4. The standard InChI is InChI=1S/C12H20O4/c13-12-10(4-1-2-6-16-12)8-14-9-11-5-3-7-15-11/h10-11H,1-9H2. The van der Waals surface area contributed by atoms with Crippen LogP contribution < -0.4 is 0 Å². The first-order valence-electron chi connectivity index (χ1n) is 6.22. The zero-order valence-corrected chi connectivity index (χ0v) is 9.65. The first kappa shape index (κ1) is 11.9. The quantitative estimate of drug-likeness (QED) is 0.684. The van der Waals surface area contributed by atoms with E-state index in [0.29, 0.717) is 19.8 Å². The molecule has 0 aliphatic carbocycles. The smallest absolute Gasteiger partial charge is 0.311 e. The molecule has 0 amide bonds. The summed E-state index contributed by atoms with van der Waals surface area (Å²) >= 11 is 0. The van der Waals surface area contributed by atoms with E-state index in [4.69, 9.17) is 14.2 Å². The zero-order valence-electron chi connectivity index (χ0n) is 9.65. The highest BCUT2D eigenvalue weighted by Gasteiger charge is 2.23. The van der Waals surface area contributed by atoms with Crippen LogP contribution in [0, 0.1) is 5.92 Å². The van der Waals surface area contributed by atoms with Gasteiger partial charge in [-0.1, -0.05) is 0 Å². The van der Waals surface area contributed by atoms with Crippen molar-refractivity contribution in [3.8, 4) is 0 Å². The summed E-state index contributed by atoms with van der Waals surface area (Å²) in [6, 6.07) is 0. The van der Waals surface area contributed by atoms with Gasteiger partial charge in [0.15, 0.2) is 0 Å². The molecule has 0 N–H and O–H groups in total. The molecule has 4 nitrogen and oxygen atoms in total. The Bertz CT molecular complexity index is 223. The van der Waals surface area contributed by atoms with Crippen LogP contribution in [0.15, 0.2) is 0 Å². The van der Waals surface area contributed by atoms with Crippen LogP contribution in [0.4, 0.5) is 0 Å². The number of ether oxygens (including phenoxy) is 3. The van der Waals surface area contributed by atoms with Gasteiger partial charge in [0.1, 0.15) is 0 Å². The molecule has 2 unspecified atom stereocenters. The molecule has 92 valence electrons. The third-order valence-corrected chi connectivity index (χ3v) is 3.17. The van der Waals surface area contributed by atoms with Gasteiger partial charge in [-0.3, -0.25) is 4.79 Å². The van der Waals surface area contributed by atoms with Crippen molar-refractivity contribution in [2.75, 3.05) is 26.4 Å². The predicted octanol–water partition coefficient (Wildman–Crippen LogP) is 1.53. The van der Waals surface area contributed by atoms with Crippen LogP contribution in [0.2, 0.25) is 0 Å². The first-order chi connectivity index (χ1) is 7.86. The van der Waals surface area contributed by atoms with Crippen LogP contribution in [-0.4, -0.2) is 38.5 Å². The lowest BCUT2D eigenvalue weighted by Gasteiger charge is -2.14. The molecule has 2 fully saturated rings. The third-order valence-electron chi connectivity index (χ3n) is 3.17. The minimum atomic E-state index is -0.0927. The molecule has 0 aromatic rings. The van der Waals surface area contributed by atoms with Gasteiger partial charge in [-0.2, -0.15) is 0 Å². The van der Waals surface area contributed by atoms with Gasteiger partial charge in [0, 0.05) is 6.61 Å². The van der Waals surface area contributed by atoms with Gasteiger partial charge in [-0.15, -0.1) is 0 Å². The summed E-state index contributed by atoms with van der Waals surface area (Å²) in [5, 5.41) is 0. The Morgan fingerprint density at radius 3 is 2.88 bits per heavy atom. The number of esters is 1. The lowest BCUT2D eigenvalue weighted by molar-refractivity contribution is -0.149. The minimum Gasteiger partial charge on any atom is -0.465 e. The van der Waals surface area contributed by atoms with Crippen molar-refractivity contribution < 1.29 is 19.0 Å². The summed E-state index contributed by atoms with van der Waals surface area (Å²) in [6.45, 7) is 2.52. The van der Waals surface area contributed by atoms with Crippen molar-refractivity contribution in [2.45, 2.75) is 38.2 Å². The van der Waals surface area contributed by atoms with Crippen LogP contribution in [-0.2, 0) is 19.0 Å². The van der Waals surface area contributed by atoms with Gasteiger partial charge in [0.25, 0.3) is 0 Å². The van der Waals surface area contributed by atoms with Gasteiger partial charge in [-0.25, -0.2) is 0 Å². The molecule has 4 heteroatoms. The molecule has 2 aliphatic rings. The van der Waals surface area contributed by atoms with E-state index in [1.54, 1.807) is 0 Å². The van der Waals surface area contributed by atoms with E-state index >= 15 is 0 Å². The summed E-state index contributed by atoms with van der Waals surface area (Å²) in [6.07, 6.45) is 5.37. The zero-order chi connectivity index (χ0) is 11.2. The van der Waals surface area contributed by atoms with Crippen LogP contribution in [0.1, 0.15) is 32.1 Å². The Balaban J connectivity index is 1.65. The van der Waals surface area contributed by atoms with Crippen molar-refractivity contribution in [3.05, 3.63) is 0 Å². The Hall–Kier alpha value is -0.610. The lowest BCUT2D eigenvalue weighted by atomic mass is 10.0. The molecule has 16 heavy (non-hydrogen) atoms. The van der Waals surface area contributed by atoms with Crippen LogP contribution in [0.3, 0.4) is 0 Å². The van der Waals surface area contributed by atoms with Gasteiger partial charge in [0.2, 0.25) is 0 Å². The Kier molecular flexibility index (Phi) is 4.60. The molecule has 0 aromatic carbocycles. The Labute approximate surface area is 96.2 Å². The first-order valence-corrected chi connectivity index (χ1v) is 6.22. The number of hydrogen-bond donors (Lipinski definition) is 0. The van der Waals surface area contributed by atoms with E-state index in [9.17, 15) is 4.79 Å². The van der Waals surface area contributed by atoms with Gasteiger partial charge >= 0.3 is 5.97 Å². The summed E-state index contributed by atoms with van der Waals surface area (Å²) in [7, 11) is 0. The third kappa shape index (κ3) is 3.46. The second-order valence-corrected chi connectivity index (χ2v) is 4.53. The minimum absolute atomic E-state index is 0.0658. The fraction of sp³-hybridized carbons (Fsp3) is 0.917. The monoisotopic (exact) mass is 228 g/mol. The van der Waals surface area contributed by atoms with Crippen molar-refractivity contribution in [1.82, 2.24) is 0 Å². The molecule has 2 rings (SSSR count). The van der Waals surface area contributed by atoms with Crippen LogP contribution >= 0.6 is 0 Å². The van der Waals surface area contributed by atoms with Gasteiger partial charge in [-0.05, 0) is 32.1 Å². The molecule has 0 spiro atoms. The van der Waals surface area contributed by atoms with Gasteiger partial charge in [0.05, 0.1) is 31.8 Å². The second kappa shape index (κ2) is 6.21. The van der Waals surface area contributed by atoms with Crippen molar-refractivity contribution in [3.63, 3.8) is 0 Å². The Morgan fingerprint density at radius 1 is 1.12 bits per heavy atom. The fourth-order valence-electron chi connectivity index (χ4n) is 2.17. The second-order valence-electron chi connectivity index (χ2n) is 4.53.